The van der Waals surface area contributed by atoms with Crippen LogP contribution < -0.4 is 10.2 Å². The van der Waals surface area contributed by atoms with Crippen LogP contribution in [0.1, 0.15) is 19.8 Å². The molecule has 2 heterocycles. The minimum Gasteiger partial charge on any atom is -0.356 e. The molecule has 1 N–H and O–H groups in total. The van der Waals surface area contributed by atoms with E-state index in [0.717, 1.165) is 44.7 Å². The van der Waals surface area contributed by atoms with E-state index in [9.17, 15) is 9.59 Å². The van der Waals surface area contributed by atoms with Gasteiger partial charge in [0.15, 0.2) is 0 Å². The second kappa shape index (κ2) is 6.48. The molecule has 22 heavy (non-hydrogen) atoms. The SMILES string of the molecule is CC(=O)NCC1CCN(C2CCN(c3ccccc3)C2=O)C1. The summed E-state index contributed by atoms with van der Waals surface area (Å²) >= 11 is 0. The Morgan fingerprint density at radius 1 is 1.23 bits per heavy atom. The number of rotatable bonds is 4. The molecule has 0 aliphatic carbocycles. The van der Waals surface area contributed by atoms with Crippen molar-refractivity contribution in [2.75, 3.05) is 31.1 Å². The number of amides is 2. The van der Waals surface area contributed by atoms with Gasteiger partial charge in [-0.3, -0.25) is 14.5 Å². The average Bonchev–Trinajstić information content (AvgIpc) is 3.12. The minimum atomic E-state index is 0.00235. The first-order valence-electron chi connectivity index (χ1n) is 8.00. The van der Waals surface area contributed by atoms with Crippen molar-refractivity contribution in [2.45, 2.75) is 25.8 Å². The van der Waals surface area contributed by atoms with E-state index in [-0.39, 0.29) is 17.9 Å². The number of likely N-dealkylation sites (tertiary alicyclic amines) is 1. The van der Waals surface area contributed by atoms with Crippen LogP contribution in [0.15, 0.2) is 30.3 Å². The van der Waals surface area contributed by atoms with Crippen LogP contribution >= 0.6 is 0 Å². The molecule has 2 saturated heterocycles. The molecule has 0 saturated carbocycles. The molecular formula is C17H23N3O2. The zero-order valence-electron chi connectivity index (χ0n) is 13.0. The number of nitrogens with zero attached hydrogens (tertiary/aromatic N) is 2. The number of carbonyl (C=O) groups is 2. The molecule has 2 amide bonds. The Morgan fingerprint density at radius 2 is 2.00 bits per heavy atom. The van der Waals surface area contributed by atoms with Gasteiger partial charge >= 0.3 is 0 Å². The lowest BCUT2D eigenvalue weighted by molar-refractivity contribution is -0.121. The Kier molecular flexibility index (Phi) is 4.43. The zero-order valence-corrected chi connectivity index (χ0v) is 13.0. The Balaban J connectivity index is 1.58. The van der Waals surface area contributed by atoms with Crippen molar-refractivity contribution >= 4 is 17.5 Å². The Labute approximate surface area is 131 Å². The molecule has 1 aromatic rings. The van der Waals surface area contributed by atoms with E-state index >= 15 is 0 Å². The van der Waals surface area contributed by atoms with Crippen molar-refractivity contribution in [3.63, 3.8) is 0 Å². The van der Waals surface area contributed by atoms with Crippen LogP contribution in [0.2, 0.25) is 0 Å². The smallest absolute Gasteiger partial charge is 0.244 e. The van der Waals surface area contributed by atoms with E-state index in [0.29, 0.717) is 5.92 Å². The van der Waals surface area contributed by atoms with Gasteiger partial charge < -0.3 is 10.2 Å². The predicted octanol–water partition coefficient (Wildman–Crippen LogP) is 1.25. The van der Waals surface area contributed by atoms with Gasteiger partial charge in [0.2, 0.25) is 11.8 Å². The highest BCUT2D eigenvalue weighted by atomic mass is 16.2. The zero-order chi connectivity index (χ0) is 15.5. The van der Waals surface area contributed by atoms with Gasteiger partial charge in [0.1, 0.15) is 0 Å². The van der Waals surface area contributed by atoms with E-state index in [1.165, 1.54) is 0 Å². The number of anilines is 1. The maximum Gasteiger partial charge on any atom is 0.244 e. The van der Waals surface area contributed by atoms with Crippen LogP contribution in [-0.4, -0.2) is 48.9 Å². The van der Waals surface area contributed by atoms with Crippen LogP contribution in [0.5, 0.6) is 0 Å². The fraction of sp³-hybridized carbons (Fsp3) is 0.529. The van der Waals surface area contributed by atoms with Gasteiger partial charge in [-0.25, -0.2) is 0 Å². The van der Waals surface area contributed by atoms with Crippen molar-refractivity contribution < 1.29 is 9.59 Å². The van der Waals surface area contributed by atoms with Gasteiger partial charge in [0.05, 0.1) is 6.04 Å². The molecule has 0 radical (unpaired) electrons. The molecule has 2 fully saturated rings. The first-order valence-corrected chi connectivity index (χ1v) is 8.00. The van der Waals surface area contributed by atoms with Gasteiger partial charge in [-0.05, 0) is 37.4 Å². The number of para-hydroxylation sites is 1. The van der Waals surface area contributed by atoms with E-state index in [1.54, 1.807) is 6.92 Å². The second-order valence-corrected chi connectivity index (χ2v) is 6.22. The summed E-state index contributed by atoms with van der Waals surface area (Å²) < 4.78 is 0. The van der Waals surface area contributed by atoms with Crippen molar-refractivity contribution in [3.05, 3.63) is 30.3 Å². The Morgan fingerprint density at radius 3 is 2.73 bits per heavy atom. The standard InChI is InChI=1S/C17H23N3O2/c1-13(21)18-11-14-7-9-19(12-14)16-8-10-20(17(16)22)15-5-3-2-4-6-15/h2-6,14,16H,7-12H2,1H3,(H,18,21). The second-order valence-electron chi connectivity index (χ2n) is 6.22. The summed E-state index contributed by atoms with van der Waals surface area (Å²) in [5.41, 5.74) is 0.990. The summed E-state index contributed by atoms with van der Waals surface area (Å²) in [7, 11) is 0. The topological polar surface area (TPSA) is 52.7 Å². The van der Waals surface area contributed by atoms with Gasteiger partial charge in [-0.2, -0.15) is 0 Å². The van der Waals surface area contributed by atoms with Gasteiger partial charge in [0.25, 0.3) is 0 Å². The van der Waals surface area contributed by atoms with Crippen molar-refractivity contribution in [1.82, 2.24) is 10.2 Å². The normalized spacial score (nSPS) is 25.7. The van der Waals surface area contributed by atoms with E-state index in [4.69, 9.17) is 0 Å². The molecule has 2 aliphatic rings. The lowest BCUT2D eigenvalue weighted by atomic mass is 10.1. The highest BCUT2D eigenvalue weighted by Gasteiger charge is 2.39. The van der Waals surface area contributed by atoms with E-state index in [1.807, 2.05) is 35.2 Å². The highest BCUT2D eigenvalue weighted by molar-refractivity contribution is 5.99. The lowest BCUT2D eigenvalue weighted by Gasteiger charge is -2.23. The van der Waals surface area contributed by atoms with Crippen LogP contribution in [0.25, 0.3) is 0 Å². The Hall–Kier alpha value is -1.88. The third-order valence-corrected chi connectivity index (χ3v) is 4.64. The fourth-order valence-corrected chi connectivity index (χ4v) is 3.47. The number of carbonyl (C=O) groups excluding carboxylic acids is 2. The van der Waals surface area contributed by atoms with Crippen LogP contribution in [0.3, 0.4) is 0 Å². The molecule has 2 atom stereocenters. The van der Waals surface area contributed by atoms with E-state index < -0.39 is 0 Å². The molecule has 0 bridgehead atoms. The fourth-order valence-electron chi connectivity index (χ4n) is 3.47. The summed E-state index contributed by atoms with van der Waals surface area (Å²) in [5, 5.41) is 2.88. The first-order chi connectivity index (χ1) is 10.6. The van der Waals surface area contributed by atoms with Crippen LogP contribution in [-0.2, 0) is 9.59 Å². The van der Waals surface area contributed by atoms with Gasteiger partial charge in [-0.15, -0.1) is 0 Å². The third kappa shape index (κ3) is 3.14. The van der Waals surface area contributed by atoms with Crippen molar-refractivity contribution in [3.8, 4) is 0 Å². The summed E-state index contributed by atoms with van der Waals surface area (Å²) in [4.78, 5) is 27.9. The summed E-state index contributed by atoms with van der Waals surface area (Å²) in [6, 6.07) is 9.88. The van der Waals surface area contributed by atoms with Crippen LogP contribution in [0, 0.1) is 5.92 Å². The predicted molar refractivity (Wildman–Crippen MR) is 85.6 cm³/mol. The molecule has 2 unspecified atom stereocenters. The van der Waals surface area contributed by atoms with Gasteiger partial charge in [0, 0.05) is 32.2 Å². The van der Waals surface area contributed by atoms with Crippen LogP contribution in [0.4, 0.5) is 5.69 Å². The molecule has 118 valence electrons. The molecule has 0 aromatic heterocycles. The molecular weight excluding hydrogens is 278 g/mol. The summed E-state index contributed by atoms with van der Waals surface area (Å²) in [5.74, 6) is 0.694. The molecule has 3 rings (SSSR count). The van der Waals surface area contributed by atoms with Crippen molar-refractivity contribution in [1.29, 1.82) is 0 Å². The number of nitrogens with one attached hydrogen (secondary N) is 1. The molecule has 5 nitrogen and oxygen atoms in total. The first kappa shape index (κ1) is 15.0. The molecule has 0 spiro atoms. The lowest BCUT2D eigenvalue weighted by Crippen LogP contribution is -2.41. The molecule has 2 aliphatic heterocycles. The monoisotopic (exact) mass is 301 g/mol. The highest BCUT2D eigenvalue weighted by Crippen LogP contribution is 2.27. The molecule has 5 heteroatoms. The average molecular weight is 301 g/mol. The molecule has 1 aromatic carbocycles. The summed E-state index contributed by atoms with van der Waals surface area (Å²) in [6.45, 7) is 4.91. The van der Waals surface area contributed by atoms with Gasteiger partial charge in [-0.1, -0.05) is 18.2 Å². The Bertz CT molecular complexity index is 546. The maximum absolute atomic E-state index is 12.7. The van der Waals surface area contributed by atoms with Crippen molar-refractivity contribution in [2.24, 2.45) is 5.92 Å². The third-order valence-electron chi connectivity index (χ3n) is 4.64. The maximum atomic E-state index is 12.7. The number of hydrogen-bond acceptors (Lipinski definition) is 3. The minimum absolute atomic E-state index is 0.00235. The summed E-state index contributed by atoms with van der Waals surface area (Å²) in [6.07, 6.45) is 1.94. The van der Waals surface area contributed by atoms with E-state index in [2.05, 4.69) is 10.2 Å². The quantitative estimate of drug-likeness (QED) is 0.910. The number of hydrogen-bond donors (Lipinski definition) is 1. The number of benzene rings is 1. The largest absolute Gasteiger partial charge is 0.356 e.